The molecule has 0 aliphatic carbocycles. The summed E-state index contributed by atoms with van der Waals surface area (Å²) in [7, 11) is -7.21. The molecule has 0 atom stereocenters. The molecule has 7 nitrogen and oxygen atoms in total. The van der Waals surface area contributed by atoms with Crippen LogP contribution in [0.5, 0.6) is 0 Å². The van der Waals surface area contributed by atoms with Crippen LogP contribution >= 0.6 is 23.1 Å². The first-order valence-corrected chi connectivity index (χ1v) is 12.0. The second-order valence-corrected chi connectivity index (χ2v) is 11.4. The molecule has 0 unspecified atom stereocenters. The Hall–Kier alpha value is -1.17. The largest absolute Gasteiger partial charge is 0.263 e. The van der Waals surface area contributed by atoms with E-state index in [0.29, 0.717) is 10.3 Å². The van der Waals surface area contributed by atoms with Gasteiger partial charge in [-0.1, -0.05) is 36.9 Å². The van der Waals surface area contributed by atoms with Crippen molar-refractivity contribution in [2.24, 2.45) is 5.92 Å². The molecule has 0 aliphatic heterocycles. The van der Waals surface area contributed by atoms with E-state index in [2.05, 4.69) is 28.8 Å². The molecule has 2 rings (SSSR count). The second-order valence-electron chi connectivity index (χ2n) is 5.43. The molecular formula is C13H17N3O4S4. The summed E-state index contributed by atoms with van der Waals surface area (Å²) in [6, 6.07) is 5.00. The summed E-state index contributed by atoms with van der Waals surface area (Å²) >= 11 is 2.68. The minimum atomic E-state index is -3.84. The number of hydrogen-bond donors (Lipinski definition) is 1. The van der Waals surface area contributed by atoms with Crippen LogP contribution in [0.25, 0.3) is 0 Å². The minimum absolute atomic E-state index is 0.0403. The molecule has 0 bridgehead atoms. The maximum Gasteiger partial charge on any atom is 0.263 e. The highest BCUT2D eigenvalue weighted by atomic mass is 32.2. The third-order valence-corrected chi connectivity index (χ3v) is 7.74. The zero-order valence-electron chi connectivity index (χ0n) is 13.3. The van der Waals surface area contributed by atoms with Gasteiger partial charge in [0, 0.05) is 12.0 Å². The minimum Gasteiger partial charge on any atom is -0.253 e. The topological polar surface area (TPSA) is 106 Å². The van der Waals surface area contributed by atoms with Crippen molar-refractivity contribution in [2.75, 3.05) is 16.7 Å². The quantitative estimate of drug-likeness (QED) is 0.703. The summed E-state index contributed by atoms with van der Waals surface area (Å²) in [5.74, 6) is 1.36. The summed E-state index contributed by atoms with van der Waals surface area (Å²) in [4.78, 5) is 0.0196. The monoisotopic (exact) mass is 407 g/mol. The third kappa shape index (κ3) is 5.16. The molecule has 0 fully saturated rings. The van der Waals surface area contributed by atoms with Gasteiger partial charge in [0.2, 0.25) is 5.13 Å². The van der Waals surface area contributed by atoms with Gasteiger partial charge in [-0.25, -0.2) is 16.8 Å². The van der Waals surface area contributed by atoms with Gasteiger partial charge in [0.05, 0.1) is 9.79 Å². The Balaban J connectivity index is 2.14. The highest BCUT2D eigenvalue weighted by Crippen LogP contribution is 2.28. The number of benzene rings is 1. The van der Waals surface area contributed by atoms with E-state index in [4.69, 9.17) is 0 Å². The Morgan fingerprint density at radius 3 is 2.21 bits per heavy atom. The van der Waals surface area contributed by atoms with Crippen LogP contribution in [0, 0.1) is 5.92 Å². The molecule has 11 heteroatoms. The fourth-order valence-electron chi connectivity index (χ4n) is 1.59. The first kappa shape index (κ1) is 19.2. The number of nitrogens with zero attached hydrogens (tertiary/aromatic N) is 2. The van der Waals surface area contributed by atoms with E-state index in [9.17, 15) is 16.8 Å². The van der Waals surface area contributed by atoms with Crippen LogP contribution in [0.3, 0.4) is 0 Å². The molecule has 0 aliphatic rings. The predicted molar refractivity (Wildman–Crippen MR) is 95.8 cm³/mol. The molecule has 1 N–H and O–H groups in total. The van der Waals surface area contributed by atoms with Crippen LogP contribution in [0.15, 0.2) is 38.4 Å². The van der Waals surface area contributed by atoms with Crippen molar-refractivity contribution in [3.05, 3.63) is 24.3 Å². The highest BCUT2D eigenvalue weighted by Gasteiger charge is 2.18. The van der Waals surface area contributed by atoms with Gasteiger partial charge in [0.25, 0.3) is 10.0 Å². The lowest BCUT2D eigenvalue weighted by Crippen LogP contribution is -2.13. The van der Waals surface area contributed by atoms with Gasteiger partial charge in [-0.15, -0.1) is 10.2 Å². The smallest absolute Gasteiger partial charge is 0.253 e. The average molecular weight is 408 g/mol. The summed E-state index contributed by atoms with van der Waals surface area (Å²) < 4.78 is 50.5. The molecule has 2 aromatic rings. The molecular weight excluding hydrogens is 390 g/mol. The summed E-state index contributed by atoms with van der Waals surface area (Å²) in [6.45, 7) is 4.16. The number of anilines is 1. The first-order valence-electron chi connectivity index (χ1n) is 6.87. The maximum absolute atomic E-state index is 12.3. The molecule has 0 radical (unpaired) electrons. The normalized spacial score (nSPS) is 12.5. The number of sulfonamides is 1. The van der Waals surface area contributed by atoms with Crippen molar-refractivity contribution >= 4 is 48.1 Å². The van der Waals surface area contributed by atoms with Gasteiger partial charge >= 0.3 is 0 Å². The molecule has 0 saturated carbocycles. The van der Waals surface area contributed by atoms with Gasteiger partial charge in [-0.05, 0) is 30.2 Å². The average Bonchev–Trinajstić information content (AvgIpc) is 2.91. The molecule has 0 amide bonds. The molecule has 0 saturated heterocycles. The maximum atomic E-state index is 12.3. The van der Waals surface area contributed by atoms with Crippen molar-refractivity contribution in [1.82, 2.24) is 10.2 Å². The second kappa shape index (κ2) is 7.38. The zero-order chi connectivity index (χ0) is 18.0. The van der Waals surface area contributed by atoms with Crippen molar-refractivity contribution in [1.29, 1.82) is 0 Å². The number of rotatable bonds is 7. The number of nitrogens with one attached hydrogen (secondary N) is 1. The van der Waals surface area contributed by atoms with Crippen molar-refractivity contribution < 1.29 is 16.8 Å². The van der Waals surface area contributed by atoms with Crippen LogP contribution in [-0.2, 0) is 19.9 Å². The SMILES string of the molecule is CC(C)CSc1nnc(NS(=O)(=O)c2ccc(S(C)(=O)=O)cc2)s1. The Labute approximate surface area is 149 Å². The number of sulfone groups is 1. The summed E-state index contributed by atoms with van der Waals surface area (Å²) in [5.41, 5.74) is 0. The van der Waals surface area contributed by atoms with E-state index in [0.717, 1.165) is 23.3 Å². The van der Waals surface area contributed by atoms with Crippen molar-refractivity contribution in [2.45, 2.75) is 28.0 Å². The summed E-state index contributed by atoms with van der Waals surface area (Å²) in [5, 5.41) is 7.94. The number of thioether (sulfide) groups is 1. The predicted octanol–water partition coefficient (Wildman–Crippen LogP) is 2.49. The van der Waals surface area contributed by atoms with Gasteiger partial charge in [0.1, 0.15) is 0 Å². The number of hydrogen-bond acceptors (Lipinski definition) is 8. The first-order chi connectivity index (χ1) is 11.1. The van der Waals surface area contributed by atoms with E-state index < -0.39 is 19.9 Å². The third-order valence-electron chi connectivity index (χ3n) is 2.73. The van der Waals surface area contributed by atoms with Gasteiger partial charge in [0.15, 0.2) is 14.2 Å². The fourth-order valence-corrected chi connectivity index (χ4v) is 5.18. The van der Waals surface area contributed by atoms with E-state index in [1.165, 1.54) is 36.0 Å². The fraction of sp³-hybridized carbons (Fsp3) is 0.385. The molecule has 1 aromatic carbocycles. The van der Waals surface area contributed by atoms with Gasteiger partial charge < -0.3 is 0 Å². The lowest BCUT2D eigenvalue weighted by molar-refractivity contribution is 0.597. The highest BCUT2D eigenvalue weighted by molar-refractivity contribution is 8.01. The van der Waals surface area contributed by atoms with Crippen LogP contribution in [0.4, 0.5) is 5.13 Å². The summed E-state index contributed by atoms with van der Waals surface area (Å²) in [6.07, 6.45) is 1.06. The lowest BCUT2D eigenvalue weighted by atomic mass is 10.3. The lowest BCUT2D eigenvalue weighted by Gasteiger charge is -2.05. The van der Waals surface area contributed by atoms with Crippen LogP contribution < -0.4 is 4.72 Å². The van der Waals surface area contributed by atoms with Crippen molar-refractivity contribution in [3.63, 3.8) is 0 Å². The molecule has 1 heterocycles. The van der Waals surface area contributed by atoms with Gasteiger partial charge in [-0.3, -0.25) is 4.72 Å². The van der Waals surface area contributed by atoms with Crippen molar-refractivity contribution in [3.8, 4) is 0 Å². The molecule has 0 spiro atoms. The standard InChI is InChI=1S/C13H17N3O4S4/c1-9(2)8-21-13-15-14-12(22-13)16-24(19,20)11-6-4-10(5-7-11)23(3,17)18/h4-7,9H,8H2,1-3H3,(H,14,16). The Bertz CT molecular complexity index is 903. The molecule has 1 aromatic heterocycles. The van der Waals surface area contributed by atoms with E-state index in [1.807, 2.05) is 0 Å². The van der Waals surface area contributed by atoms with E-state index in [1.54, 1.807) is 0 Å². The molecule has 24 heavy (non-hydrogen) atoms. The van der Waals surface area contributed by atoms with E-state index >= 15 is 0 Å². The Morgan fingerprint density at radius 2 is 1.67 bits per heavy atom. The Kier molecular flexibility index (Phi) is 5.89. The zero-order valence-corrected chi connectivity index (χ0v) is 16.5. The van der Waals surface area contributed by atoms with E-state index in [-0.39, 0.29) is 14.9 Å². The number of aromatic nitrogens is 2. The van der Waals surface area contributed by atoms with Crippen LogP contribution in [-0.4, -0.2) is 39.0 Å². The Morgan fingerprint density at radius 1 is 1.08 bits per heavy atom. The van der Waals surface area contributed by atoms with Gasteiger partial charge in [-0.2, -0.15) is 0 Å². The van der Waals surface area contributed by atoms with Crippen LogP contribution in [0.2, 0.25) is 0 Å². The molecule has 132 valence electrons. The van der Waals surface area contributed by atoms with Crippen LogP contribution in [0.1, 0.15) is 13.8 Å².